The number of hydrogen-bond acceptors (Lipinski definition) is 3. The number of hydrogen-bond donors (Lipinski definition) is 0. The first-order valence-corrected chi connectivity index (χ1v) is 7.86. The Morgan fingerprint density at radius 3 is 2.52 bits per heavy atom. The number of rotatable bonds is 2. The number of anilines is 1. The summed E-state index contributed by atoms with van der Waals surface area (Å²) in [6, 6.07) is 3.04. The highest BCUT2D eigenvalue weighted by Gasteiger charge is 2.48. The van der Waals surface area contributed by atoms with Gasteiger partial charge in [-0.15, -0.1) is 0 Å². The Morgan fingerprint density at radius 1 is 1.14 bits per heavy atom. The monoisotopic (exact) mass is 289 g/mol. The molecule has 3 fully saturated rings. The molecule has 1 amide bonds. The molecule has 0 N–H and O–H groups in total. The summed E-state index contributed by atoms with van der Waals surface area (Å²) >= 11 is 0. The molecule has 0 aromatic carbocycles. The van der Waals surface area contributed by atoms with Crippen LogP contribution in [0.1, 0.15) is 19.3 Å². The fraction of sp³-hybridized carbons (Fsp3) is 0.625. The maximum absolute atomic E-state index is 13.7. The lowest BCUT2D eigenvalue weighted by Gasteiger charge is -2.36. The number of piperazine rings is 1. The molecule has 1 aromatic rings. The molecule has 0 radical (unpaired) electrons. The second kappa shape index (κ2) is 4.97. The quantitative estimate of drug-likeness (QED) is 0.834. The molecule has 1 aromatic heterocycles. The molecule has 0 spiro atoms. The van der Waals surface area contributed by atoms with Gasteiger partial charge in [0.2, 0.25) is 5.91 Å². The van der Waals surface area contributed by atoms with Crippen molar-refractivity contribution < 1.29 is 9.18 Å². The van der Waals surface area contributed by atoms with E-state index in [4.69, 9.17) is 0 Å². The predicted octanol–water partition coefficient (Wildman–Crippen LogP) is 1.92. The largest absolute Gasteiger partial charge is 0.351 e. The smallest absolute Gasteiger partial charge is 0.225 e. The molecule has 2 heterocycles. The van der Waals surface area contributed by atoms with Crippen molar-refractivity contribution in [3.05, 3.63) is 24.1 Å². The minimum absolute atomic E-state index is 0.256. The lowest BCUT2D eigenvalue weighted by molar-refractivity contribution is -0.136. The Bertz CT molecular complexity index is 546. The summed E-state index contributed by atoms with van der Waals surface area (Å²) in [5.74, 6) is 2.38. The Hall–Kier alpha value is -1.65. The average Bonchev–Trinajstić information content (AvgIpc) is 3.13. The number of carbonyl (C=O) groups excluding carboxylic acids is 1. The summed E-state index contributed by atoms with van der Waals surface area (Å²) in [6.45, 7) is 2.69. The van der Waals surface area contributed by atoms with Crippen molar-refractivity contribution in [3.63, 3.8) is 0 Å². The Kier molecular flexibility index (Phi) is 3.08. The minimum atomic E-state index is -0.284. The maximum atomic E-state index is 13.7. The lowest BCUT2D eigenvalue weighted by atomic mass is 10.0. The van der Waals surface area contributed by atoms with Gasteiger partial charge < -0.3 is 9.80 Å². The molecule has 1 aliphatic heterocycles. The van der Waals surface area contributed by atoms with Gasteiger partial charge in [-0.05, 0) is 43.2 Å². The lowest BCUT2D eigenvalue weighted by Crippen LogP contribution is -2.50. The Labute approximate surface area is 123 Å². The molecule has 0 bridgehead atoms. The van der Waals surface area contributed by atoms with Gasteiger partial charge in [-0.3, -0.25) is 4.79 Å². The fourth-order valence-electron chi connectivity index (χ4n) is 3.92. The third-order valence-corrected chi connectivity index (χ3v) is 5.22. The molecule has 112 valence electrons. The van der Waals surface area contributed by atoms with E-state index in [2.05, 4.69) is 4.98 Å². The number of aromatic nitrogens is 1. The zero-order valence-corrected chi connectivity index (χ0v) is 12.0. The van der Waals surface area contributed by atoms with Gasteiger partial charge in [0, 0.05) is 38.3 Å². The van der Waals surface area contributed by atoms with E-state index in [1.54, 1.807) is 12.3 Å². The Morgan fingerprint density at radius 2 is 1.86 bits per heavy atom. The van der Waals surface area contributed by atoms with E-state index >= 15 is 0 Å². The topological polar surface area (TPSA) is 36.4 Å². The van der Waals surface area contributed by atoms with E-state index in [-0.39, 0.29) is 11.7 Å². The molecular weight excluding hydrogens is 269 g/mol. The van der Waals surface area contributed by atoms with Crippen LogP contribution in [0.3, 0.4) is 0 Å². The second-order valence-corrected chi connectivity index (χ2v) is 6.55. The van der Waals surface area contributed by atoms with Crippen molar-refractivity contribution in [1.82, 2.24) is 9.88 Å². The van der Waals surface area contributed by atoms with Crippen LogP contribution < -0.4 is 4.90 Å². The molecule has 21 heavy (non-hydrogen) atoms. The molecular formula is C16H20FN3O. The molecule has 4 rings (SSSR count). The van der Waals surface area contributed by atoms with Crippen LogP contribution in [0, 0.1) is 23.6 Å². The van der Waals surface area contributed by atoms with Gasteiger partial charge in [0.05, 0.1) is 0 Å². The first-order chi connectivity index (χ1) is 10.2. The molecule has 5 heteroatoms. The average molecular weight is 289 g/mol. The van der Waals surface area contributed by atoms with E-state index in [9.17, 15) is 9.18 Å². The molecule has 3 aliphatic rings. The van der Waals surface area contributed by atoms with E-state index < -0.39 is 0 Å². The highest BCUT2D eigenvalue weighted by atomic mass is 19.1. The molecule has 2 aliphatic carbocycles. The van der Waals surface area contributed by atoms with E-state index in [1.165, 1.54) is 12.5 Å². The van der Waals surface area contributed by atoms with Crippen LogP contribution in [0.5, 0.6) is 0 Å². The maximum Gasteiger partial charge on any atom is 0.225 e. The van der Waals surface area contributed by atoms with Crippen LogP contribution >= 0.6 is 0 Å². The van der Waals surface area contributed by atoms with E-state index in [0.29, 0.717) is 37.9 Å². The highest BCUT2D eigenvalue weighted by Crippen LogP contribution is 2.54. The summed E-state index contributed by atoms with van der Waals surface area (Å²) in [7, 11) is 0. The zero-order chi connectivity index (χ0) is 14.4. The number of carbonyl (C=O) groups is 1. The van der Waals surface area contributed by atoms with Crippen LogP contribution in [0.15, 0.2) is 18.3 Å². The zero-order valence-electron chi connectivity index (χ0n) is 12.0. The first kappa shape index (κ1) is 13.0. The normalized spacial score (nSPS) is 31.2. The number of amides is 1. The summed E-state index contributed by atoms with van der Waals surface area (Å²) in [6.07, 6.45) is 5.15. The number of pyridine rings is 1. The molecule has 2 unspecified atom stereocenters. The van der Waals surface area contributed by atoms with Crippen molar-refractivity contribution in [3.8, 4) is 0 Å². The van der Waals surface area contributed by atoms with Gasteiger partial charge >= 0.3 is 0 Å². The van der Waals surface area contributed by atoms with Gasteiger partial charge in [0.25, 0.3) is 0 Å². The molecule has 1 saturated heterocycles. The van der Waals surface area contributed by atoms with Crippen molar-refractivity contribution >= 4 is 11.7 Å². The second-order valence-electron chi connectivity index (χ2n) is 6.55. The third kappa shape index (κ3) is 2.39. The predicted molar refractivity (Wildman–Crippen MR) is 77.3 cm³/mol. The number of halogens is 1. The fourth-order valence-corrected chi connectivity index (χ4v) is 3.92. The number of nitrogens with zero attached hydrogens (tertiary/aromatic N) is 3. The standard InChI is InChI=1S/C16H20FN3O/c17-14-2-1-3-18-15(14)19-4-6-20(7-5-19)16(21)13-9-11-8-12(11)10-13/h1-3,11-13H,4-10H2. The minimum Gasteiger partial charge on any atom is -0.351 e. The van der Waals surface area contributed by atoms with Crippen molar-refractivity contribution in [2.24, 2.45) is 17.8 Å². The summed E-state index contributed by atoms with van der Waals surface area (Å²) < 4.78 is 13.7. The molecule has 4 nitrogen and oxygen atoms in total. The SMILES string of the molecule is O=C(C1CC2CC2C1)N1CCN(c2ncccc2F)CC1. The first-order valence-electron chi connectivity index (χ1n) is 7.86. The van der Waals surface area contributed by atoms with Crippen LogP contribution in [-0.2, 0) is 4.79 Å². The van der Waals surface area contributed by atoms with Crippen molar-refractivity contribution in [2.75, 3.05) is 31.1 Å². The third-order valence-electron chi connectivity index (χ3n) is 5.22. The summed E-state index contributed by atoms with van der Waals surface area (Å²) in [4.78, 5) is 20.5. The van der Waals surface area contributed by atoms with Crippen LogP contribution in [0.4, 0.5) is 10.2 Å². The molecule has 2 saturated carbocycles. The van der Waals surface area contributed by atoms with Crippen LogP contribution in [0.2, 0.25) is 0 Å². The van der Waals surface area contributed by atoms with Gasteiger partial charge in [0.15, 0.2) is 11.6 Å². The Balaban J connectivity index is 1.36. The van der Waals surface area contributed by atoms with Gasteiger partial charge in [-0.25, -0.2) is 9.37 Å². The highest BCUT2D eigenvalue weighted by molar-refractivity contribution is 5.79. The van der Waals surface area contributed by atoms with Crippen LogP contribution in [-0.4, -0.2) is 42.0 Å². The van der Waals surface area contributed by atoms with Gasteiger partial charge in [-0.1, -0.05) is 0 Å². The summed E-state index contributed by atoms with van der Waals surface area (Å²) in [5, 5.41) is 0. The van der Waals surface area contributed by atoms with Crippen molar-refractivity contribution in [1.29, 1.82) is 0 Å². The van der Waals surface area contributed by atoms with Gasteiger partial charge in [0.1, 0.15) is 0 Å². The summed E-state index contributed by atoms with van der Waals surface area (Å²) in [5.41, 5.74) is 0. The van der Waals surface area contributed by atoms with E-state index in [1.807, 2.05) is 9.80 Å². The van der Waals surface area contributed by atoms with Crippen molar-refractivity contribution in [2.45, 2.75) is 19.3 Å². The van der Waals surface area contributed by atoms with Gasteiger partial charge in [-0.2, -0.15) is 0 Å². The molecule has 2 atom stereocenters. The van der Waals surface area contributed by atoms with Crippen LogP contribution in [0.25, 0.3) is 0 Å². The number of fused-ring (bicyclic) bond motifs is 1. The van der Waals surface area contributed by atoms with E-state index in [0.717, 1.165) is 24.7 Å².